The molecule has 0 saturated heterocycles. The summed E-state index contributed by atoms with van der Waals surface area (Å²) in [6, 6.07) is 2.40. The van der Waals surface area contributed by atoms with Crippen LogP contribution in [0.5, 0.6) is 0 Å². The number of nitrogens with two attached hydrogens (primary N) is 1. The van der Waals surface area contributed by atoms with Crippen molar-refractivity contribution in [3.05, 3.63) is 18.5 Å². The van der Waals surface area contributed by atoms with Crippen LogP contribution in [0.2, 0.25) is 0 Å². The van der Waals surface area contributed by atoms with Crippen LogP contribution < -0.4 is 5.73 Å². The summed E-state index contributed by atoms with van der Waals surface area (Å²) in [4.78, 5) is 0. The highest BCUT2D eigenvalue weighted by Crippen LogP contribution is 2.31. The maximum atomic E-state index is 5.83. The second-order valence-electron chi connectivity index (χ2n) is 4.19. The number of hydrogen-bond donors (Lipinski definition) is 1. The standard InChI is InChI=1S/C11H19N3/c12-9-11(14-8-4-7-13-14)10-5-2-1-3-6-10/h4,7-8,10-11H,1-3,5-6,9,12H2. The Morgan fingerprint density at radius 2 is 2.14 bits per heavy atom. The fourth-order valence-electron chi connectivity index (χ4n) is 2.51. The second-order valence-corrected chi connectivity index (χ2v) is 4.19. The number of aromatic nitrogens is 2. The molecule has 3 heteroatoms. The Morgan fingerprint density at radius 3 is 2.71 bits per heavy atom. The molecule has 1 saturated carbocycles. The predicted octanol–water partition coefficient (Wildman–Crippen LogP) is 1.96. The zero-order valence-corrected chi connectivity index (χ0v) is 8.60. The SMILES string of the molecule is NCC(C1CCCCC1)n1cccn1. The van der Waals surface area contributed by atoms with Crippen LogP contribution in [-0.4, -0.2) is 16.3 Å². The molecule has 0 aliphatic heterocycles. The molecule has 78 valence electrons. The highest BCUT2D eigenvalue weighted by atomic mass is 15.3. The number of rotatable bonds is 3. The lowest BCUT2D eigenvalue weighted by atomic mass is 9.84. The van der Waals surface area contributed by atoms with E-state index in [1.807, 2.05) is 23.1 Å². The van der Waals surface area contributed by atoms with Crippen molar-refractivity contribution in [2.75, 3.05) is 6.54 Å². The molecule has 1 fully saturated rings. The van der Waals surface area contributed by atoms with Gasteiger partial charge in [0.2, 0.25) is 0 Å². The Labute approximate surface area is 85.3 Å². The molecule has 3 nitrogen and oxygen atoms in total. The molecule has 1 aliphatic carbocycles. The molecule has 0 bridgehead atoms. The average Bonchev–Trinajstić information content (AvgIpc) is 2.74. The topological polar surface area (TPSA) is 43.8 Å². The minimum absolute atomic E-state index is 0.422. The van der Waals surface area contributed by atoms with E-state index in [4.69, 9.17) is 5.73 Å². The predicted molar refractivity (Wildman–Crippen MR) is 56.9 cm³/mol. The first-order valence-corrected chi connectivity index (χ1v) is 5.61. The van der Waals surface area contributed by atoms with Gasteiger partial charge in [0.25, 0.3) is 0 Å². The Morgan fingerprint density at radius 1 is 1.36 bits per heavy atom. The first-order valence-electron chi connectivity index (χ1n) is 5.61. The van der Waals surface area contributed by atoms with Gasteiger partial charge in [0, 0.05) is 18.9 Å². The van der Waals surface area contributed by atoms with Gasteiger partial charge in [0.05, 0.1) is 6.04 Å². The molecule has 1 aliphatic rings. The van der Waals surface area contributed by atoms with E-state index >= 15 is 0 Å². The molecule has 0 radical (unpaired) electrons. The lowest BCUT2D eigenvalue weighted by Gasteiger charge is -2.29. The molecule has 0 aromatic carbocycles. The lowest BCUT2D eigenvalue weighted by Crippen LogP contribution is -2.28. The molecule has 1 aromatic heterocycles. The van der Waals surface area contributed by atoms with E-state index in [0.29, 0.717) is 12.6 Å². The summed E-state index contributed by atoms with van der Waals surface area (Å²) in [5.74, 6) is 0.744. The third kappa shape index (κ3) is 1.98. The molecule has 1 aromatic rings. The van der Waals surface area contributed by atoms with Crippen molar-refractivity contribution in [1.82, 2.24) is 9.78 Å². The molecule has 1 heterocycles. The molecule has 2 rings (SSSR count). The molecular weight excluding hydrogens is 174 g/mol. The van der Waals surface area contributed by atoms with Crippen LogP contribution in [0.1, 0.15) is 38.1 Å². The van der Waals surface area contributed by atoms with Gasteiger partial charge in [-0.1, -0.05) is 19.3 Å². The van der Waals surface area contributed by atoms with Gasteiger partial charge >= 0.3 is 0 Å². The average molecular weight is 193 g/mol. The Hall–Kier alpha value is -0.830. The van der Waals surface area contributed by atoms with Crippen LogP contribution in [-0.2, 0) is 0 Å². The van der Waals surface area contributed by atoms with Gasteiger partial charge in [0.15, 0.2) is 0 Å². The summed E-state index contributed by atoms with van der Waals surface area (Å²) < 4.78 is 2.04. The van der Waals surface area contributed by atoms with E-state index in [0.717, 1.165) is 5.92 Å². The zero-order chi connectivity index (χ0) is 9.80. The summed E-state index contributed by atoms with van der Waals surface area (Å²) in [5.41, 5.74) is 5.83. The van der Waals surface area contributed by atoms with Crippen molar-refractivity contribution >= 4 is 0 Å². The third-order valence-electron chi connectivity index (χ3n) is 3.30. The van der Waals surface area contributed by atoms with Gasteiger partial charge in [-0.05, 0) is 24.8 Å². The van der Waals surface area contributed by atoms with Gasteiger partial charge in [-0.15, -0.1) is 0 Å². The van der Waals surface area contributed by atoms with Crippen LogP contribution in [0.25, 0.3) is 0 Å². The quantitative estimate of drug-likeness (QED) is 0.797. The van der Waals surface area contributed by atoms with Crippen LogP contribution in [0.15, 0.2) is 18.5 Å². The van der Waals surface area contributed by atoms with Gasteiger partial charge in [-0.25, -0.2) is 0 Å². The maximum absolute atomic E-state index is 5.83. The van der Waals surface area contributed by atoms with Crippen molar-refractivity contribution in [2.45, 2.75) is 38.1 Å². The van der Waals surface area contributed by atoms with E-state index < -0.39 is 0 Å². The highest BCUT2D eigenvalue weighted by molar-refractivity contribution is 4.85. The van der Waals surface area contributed by atoms with Crippen molar-refractivity contribution < 1.29 is 0 Å². The maximum Gasteiger partial charge on any atom is 0.0669 e. The van der Waals surface area contributed by atoms with E-state index in [1.54, 1.807) is 0 Å². The fourth-order valence-corrected chi connectivity index (χ4v) is 2.51. The van der Waals surface area contributed by atoms with Crippen LogP contribution in [0, 0.1) is 5.92 Å². The van der Waals surface area contributed by atoms with Crippen molar-refractivity contribution in [3.63, 3.8) is 0 Å². The molecule has 1 atom stereocenters. The molecule has 0 spiro atoms. The normalized spacial score (nSPS) is 20.9. The summed E-state index contributed by atoms with van der Waals surface area (Å²) in [5, 5.41) is 4.30. The highest BCUT2D eigenvalue weighted by Gasteiger charge is 2.23. The molecule has 1 unspecified atom stereocenters. The summed E-state index contributed by atoms with van der Waals surface area (Å²) in [7, 11) is 0. The monoisotopic (exact) mass is 193 g/mol. The zero-order valence-electron chi connectivity index (χ0n) is 8.60. The minimum atomic E-state index is 0.422. The van der Waals surface area contributed by atoms with Crippen LogP contribution >= 0.6 is 0 Å². The fraction of sp³-hybridized carbons (Fsp3) is 0.727. The smallest absolute Gasteiger partial charge is 0.0669 e. The molecule has 14 heavy (non-hydrogen) atoms. The van der Waals surface area contributed by atoms with Crippen molar-refractivity contribution in [2.24, 2.45) is 11.7 Å². The summed E-state index contributed by atoms with van der Waals surface area (Å²) in [6.45, 7) is 0.715. The Balaban J connectivity index is 2.04. The van der Waals surface area contributed by atoms with Crippen LogP contribution in [0.4, 0.5) is 0 Å². The first kappa shape index (κ1) is 9.71. The molecular formula is C11H19N3. The van der Waals surface area contributed by atoms with Gasteiger partial charge in [-0.2, -0.15) is 5.10 Å². The summed E-state index contributed by atoms with van der Waals surface area (Å²) in [6.07, 6.45) is 10.6. The Kier molecular flexibility index (Phi) is 3.19. The Bertz CT molecular complexity index is 250. The molecule has 0 amide bonds. The van der Waals surface area contributed by atoms with Gasteiger partial charge < -0.3 is 5.73 Å². The van der Waals surface area contributed by atoms with E-state index in [2.05, 4.69) is 5.10 Å². The third-order valence-corrected chi connectivity index (χ3v) is 3.30. The van der Waals surface area contributed by atoms with Crippen LogP contribution in [0.3, 0.4) is 0 Å². The van der Waals surface area contributed by atoms with Gasteiger partial charge in [-0.3, -0.25) is 4.68 Å². The molecule has 2 N–H and O–H groups in total. The van der Waals surface area contributed by atoms with E-state index in [1.165, 1.54) is 32.1 Å². The minimum Gasteiger partial charge on any atom is -0.328 e. The number of hydrogen-bond acceptors (Lipinski definition) is 2. The lowest BCUT2D eigenvalue weighted by molar-refractivity contribution is 0.240. The summed E-state index contributed by atoms with van der Waals surface area (Å²) >= 11 is 0. The second kappa shape index (κ2) is 4.60. The first-order chi connectivity index (χ1) is 6.92. The van der Waals surface area contributed by atoms with Gasteiger partial charge in [0.1, 0.15) is 0 Å². The van der Waals surface area contributed by atoms with E-state index in [9.17, 15) is 0 Å². The largest absolute Gasteiger partial charge is 0.328 e. The van der Waals surface area contributed by atoms with Crippen molar-refractivity contribution in [1.29, 1.82) is 0 Å². The van der Waals surface area contributed by atoms with Crippen molar-refractivity contribution in [3.8, 4) is 0 Å². The van der Waals surface area contributed by atoms with E-state index in [-0.39, 0.29) is 0 Å². The number of nitrogens with zero attached hydrogens (tertiary/aromatic N) is 2.